The number of hydrogen-bond acceptors (Lipinski definition) is 6. The first-order valence-corrected chi connectivity index (χ1v) is 5.90. The first-order chi connectivity index (χ1) is 9.47. The Balaban J connectivity index is 2.93. The maximum absolute atomic E-state index is 12.2. The lowest BCUT2D eigenvalue weighted by Gasteiger charge is -2.19. The molecule has 0 N–H and O–H groups in total. The molecule has 1 amide bonds. The van der Waals surface area contributed by atoms with Gasteiger partial charge in [0, 0.05) is 11.2 Å². The highest BCUT2D eigenvalue weighted by Crippen LogP contribution is 2.10. The number of methoxy groups -OCH3 is 2. The molecule has 1 aromatic rings. The Kier molecular flexibility index (Phi) is 5.92. The lowest BCUT2D eigenvalue weighted by atomic mass is 10.3. The van der Waals surface area contributed by atoms with Gasteiger partial charge in [-0.1, -0.05) is 11.6 Å². The SMILES string of the molecule is COC(=O)CN(CC(=O)OC)C(=O)c1cc(Cl)ccn1. The Bertz CT molecular complexity index is 502. The molecule has 0 aliphatic carbocycles. The van der Waals surface area contributed by atoms with Crippen LogP contribution in [0.3, 0.4) is 0 Å². The molecule has 0 spiro atoms. The van der Waals surface area contributed by atoms with Gasteiger partial charge in [0.15, 0.2) is 0 Å². The maximum atomic E-state index is 12.2. The molecular weight excluding hydrogens is 288 g/mol. The zero-order valence-electron chi connectivity index (χ0n) is 11.0. The van der Waals surface area contributed by atoms with E-state index in [-0.39, 0.29) is 5.69 Å². The molecule has 0 bridgehead atoms. The van der Waals surface area contributed by atoms with Crippen LogP contribution in [0.25, 0.3) is 0 Å². The monoisotopic (exact) mass is 300 g/mol. The van der Waals surface area contributed by atoms with Crippen LogP contribution in [0.1, 0.15) is 10.5 Å². The second-order valence-corrected chi connectivity index (χ2v) is 4.11. The van der Waals surface area contributed by atoms with Gasteiger partial charge in [0.1, 0.15) is 18.8 Å². The number of ether oxygens (including phenoxy) is 2. The van der Waals surface area contributed by atoms with Crippen LogP contribution < -0.4 is 0 Å². The third-order valence-corrected chi connectivity index (χ3v) is 2.56. The minimum absolute atomic E-state index is 0.0188. The smallest absolute Gasteiger partial charge is 0.325 e. The molecular formula is C12H13ClN2O5. The normalized spacial score (nSPS) is 9.75. The number of aromatic nitrogens is 1. The molecule has 0 unspecified atom stereocenters. The van der Waals surface area contributed by atoms with Crippen LogP contribution in [-0.2, 0) is 19.1 Å². The zero-order valence-corrected chi connectivity index (χ0v) is 11.7. The number of rotatable bonds is 5. The third kappa shape index (κ3) is 4.51. The highest BCUT2D eigenvalue weighted by atomic mass is 35.5. The Labute approximate surface area is 120 Å². The fourth-order valence-electron chi connectivity index (χ4n) is 1.32. The van der Waals surface area contributed by atoms with Crippen LogP contribution in [-0.4, -0.2) is 55.0 Å². The lowest BCUT2D eigenvalue weighted by molar-refractivity contribution is -0.144. The van der Waals surface area contributed by atoms with Gasteiger partial charge in [0.2, 0.25) is 0 Å². The van der Waals surface area contributed by atoms with E-state index >= 15 is 0 Å². The van der Waals surface area contributed by atoms with Gasteiger partial charge in [0.25, 0.3) is 5.91 Å². The molecule has 0 fully saturated rings. The molecule has 0 saturated heterocycles. The number of carbonyl (C=O) groups is 3. The summed E-state index contributed by atoms with van der Waals surface area (Å²) in [5.41, 5.74) is 0.0188. The van der Waals surface area contributed by atoms with Crippen LogP contribution in [0, 0.1) is 0 Å². The molecule has 108 valence electrons. The number of halogens is 1. The van der Waals surface area contributed by atoms with Gasteiger partial charge in [-0.25, -0.2) is 0 Å². The Hall–Kier alpha value is -2.15. The van der Waals surface area contributed by atoms with E-state index in [1.165, 1.54) is 32.5 Å². The summed E-state index contributed by atoms with van der Waals surface area (Å²) in [5.74, 6) is -1.95. The second-order valence-electron chi connectivity index (χ2n) is 3.67. The van der Waals surface area contributed by atoms with Crippen molar-refractivity contribution in [3.05, 3.63) is 29.0 Å². The number of pyridine rings is 1. The summed E-state index contributed by atoms with van der Waals surface area (Å²) < 4.78 is 8.95. The summed E-state index contributed by atoms with van der Waals surface area (Å²) >= 11 is 5.77. The summed E-state index contributed by atoms with van der Waals surface area (Å²) in [6.07, 6.45) is 1.35. The average Bonchev–Trinajstić information content (AvgIpc) is 2.45. The highest BCUT2D eigenvalue weighted by molar-refractivity contribution is 6.30. The second kappa shape index (κ2) is 7.44. The summed E-state index contributed by atoms with van der Waals surface area (Å²) in [6, 6.07) is 2.84. The van der Waals surface area contributed by atoms with Crippen molar-refractivity contribution in [3.8, 4) is 0 Å². The number of amides is 1. The van der Waals surface area contributed by atoms with Crippen molar-refractivity contribution in [2.45, 2.75) is 0 Å². The minimum Gasteiger partial charge on any atom is -0.468 e. The van der Waals surface area contributed by atoms with E-state index in [1.54, 1.807) is 0 Å². The van der Waals surface area contributed by atoms with Crippen molar-refractivity contribution in [2.75, 3.05) is 27.3 Å². The first kappa shape index (κ1) is 15.9. The molecule has 1 rings (SSSR count). The van der Waals surface area contributed by atoms with Gasteiger partial charge < -0.3 is 14.4 Å². The fraction of sp³-hybridized carbons (Fsp3) is 0.333. The van der Waals surface area contributed by atoms with Crippen LogP contribution in [0.2, 0.25) is 5.02 Å². The molecule has 0 aromatic carbocycles. The van der Waals surface area contributed by atoms with E-state index in [0.29, 0.717) is 5.02 Å². The van der Waals surface area contributed by atoms with Gasteiger partial charge >= 0.3 is 11.9 Å². The predicted molar refractivity (Wildman–Crippen MR) is 69.2 cm³/mol. The van der Waals surface area contributed by atoms with Crippen LogP contribution >= 0.6 is 11.6 Å². The van der Waals surface area contributed by atoms with Gasteiger partial charge in [-0.3, -0.25) is 19.4 Å². The van der Waals surface area contributed by atoms with E-state index in [0.717, 1.165) is 4.90 Å². The van der Waals surface area contributed by atoms with Gasteiger partial charge in [0.05, 0.1) is 14.2 Å². The van der Waals surface area contributed by atoms with Crippen molar-refractivity contribution in [3.63, 3.8) is 0 Å². The summed E-state index contributed by atoms with van der Waals surface area (Å²) in [5, 5.41) is 0.319. The van der Waals surface area contributed by atoms with E-state index in [4.69, 9.17) is 11.6 Å². The zero-order chi connectivity index (χ0) is 15.1. The summed E-state index contributed by atoms with van der Waals surface area (Å²) in [6.45, 7) is -0.781. The molecule has 1 aromatic heterocycles. The number of nitrogens with zero attached hydrogens (tertiary/aromatic N) is 2. The lowest BCUT2D eigenvalue weighted by Crippen LogP contribution is -2.40. The van der Waals surface area contributed by atoms with Crippen molar-refractivity contribution in [2.24, 2.45) is 0 Å². The van der Waals surface area contributed by atoms with E-state index in [1.807, 2.05) is 0 Å². The largest absolute Gasteiger partial charge is 0.468 e. The molecule has 8 heteroatoms. The molecule has 0 aliphatic heterocycles. The molecule has 20 heavy (non-hydrogen) atoms. The number of esters is 2. The van der Waals surface area contributed by atoms with Gasteiger partial charge in [-0.05, 0) is 12.1 Å². The average molecular weight is 301 g/mol. The Morgan fingerprint density at radius 2 is 1.75 bits per heavy atom. The van der Waals surface area contributed by atoms with E-state index in [9.17, 15) is 14.4 Å². The van der Waals surface area contributed by atoms with E-state index < -0.39 is 30.9 Å². The molecule has 0 saturated carbocycles. The number of carbonyl (C=O) groups excluding carboxylic acids is 3. The van der Waals surface area contributed by atoms with Crippen molar-refractivity contribution < 1.29 is 23.9 Å². The molecule has 0 radical (unpaired) electrons. The van der Waals surface area contributed by atoms with Gasteiger partial charge in [-0.15, -0.1) is 0 Å². The van der Waals surface area contributed by atoms with Crippen molar-refractivity contribution >= 4 is 29.4 Å². The third-order valence-electron chi connectivity index (χ3n) is 2.32. The topological polar surface area (TPSA) is 85.8 Å². The predicted octanol–water partition coefficient (Wildman–Crippen LogP) is 0.523. The van der Waals surface area contributed by atoms with Crippen LogP contribution in [0.5, 0.6) is 0 Å². The molecule has 7 nitrogen and oxygen atoms in total. The fourth-order valence-corrected chi connectivity index (χ4v) is 1.48. The van der Waals surface area contributed by atoms with Crippen molar-refractivity contribution in [1.29, 1.82) is 0 Å². The first-order valence-electron chi connectivity index (χ1n) is 5.52. The van der Waals surface area contributed by atoms with E-state index in [2.05, 4.69) is 14.5 Å². The number of hydrogen-bond donors (Lipinski definition) is 0. The van der Waals surface area contributed by atoms with Crippen molar-refractivity contribution in [1.82, 2.24) is 9.88 Å². The quantitative estimate of drug-likeness (QED) is 0.737. The standard InChI is InChI=1S/C12H13ClN2O5/c1-19-10(16)6-15(7-11(17)20-2)12(18)9-5-8(13)3-4-14-9/h3-5H,6-7H2,1-2H3. The summed E-state index contributed by atoms with van der Waals surface area (Å²) in [7, 11) is 2.36. The maximum Gasteiger partial charge on any atom is 0.325 e. The van der Waals surface area contributed by atoms with Crippen LogP contribution in [0.15, 0.2) is 18.3 Å². The minimum atomic E-state index is -0.663. The molecule has 0 aliphatic rings. The highest BCUT2D eigenvalue weighted by Gasteiger charge is 2.23. The summed E-state index contributed by atoms with van der Waals surface area (Å²) in [4.78, 5) is 39.6. The Morgan fingerprint density at radius 1 is 1.20 bits per heavy atom. The molecule has 1 heterocycles. The molecule has 0 atom stereocenters. The van der Waals surface area contributed by atoms with Gasteiger partial charge in [-0.2, -0.15) is 0 Å². The Morgan fingerprint density at radius 3 is 2.20 bits per heavy atom. The van der Waals surface area contributed by atoms with Crippen LogP contribution in [0.4, 0.5) is 0 Å².